The second kappa shape index (κ2) is 7.64. The molecule has 4 heteroatoms. The highest BCUT2D eigenvalue weighted by Gasteiger charge is 2.58. The van der Waals surface area contributed by atoms with Gasteiger partial charge in [-0.25, -0.2) is 0 Å². The largest absolute Gasteiger partial charge is 0.495 e. The van der Waals surface area contributed by atoms with Crippen molar-refractivity contribution in [3.05, 3.63) is 30.1 Å². The zero-order valence-electron chi connectivity index (χ0n) is 19.6. The van der Waals surface area contributed by atoms with Crippen LogP contribution in [0.3, 0.4) is 0 Å². The first-order valence-corrected chi connectivity index (χ1v) is 12.3. The van der Waals surface area contributed by atoms with Crippen LogP contribution in [0.5, 0.6) is 5.75 Å². The maximum atomic E-state index is 11.6. The van der Waals surface area contributed by atoms with Gasteiger partial charge in [-0.3, -0.25) is 9.78 Å². The summed E-state index contributed by atoms with van der Waals surface area (Å²) in [6.45, 7) is 6.78. The summed E-state index contributed by atoms with van der Waals surface area (Å²) >= 11 is 0. The number of methoxy groups -OCH3 is 1. The lowest BCUT2D eigenvalue weighted by molar-refractivity contribution is -0.123. The van der Waals surface area contributed by atoms with Crippen LogP contribution in [-0.2, 0) is 4.79 Å². The number of rotatable bonds is 3. The lowest BCUT2D eigenvalue weighted by atomic mass is 9.44. The van der Waals surface area contributed by atoms with Crippen molar-refractivity contribution >= 4 is 11.5 Å². The van der Waals surface area contributed by atoms with E-state index in [0.29, 0.717) is 11.5 Å². The van der Waals surface area contributed by atoms with Gasteiger partial charge in [-0.1, -0.05) is 19.9 Å². The highest BCUT2D eigenvalue weighted by Crippen LogP contribution is 2.67. The number of carbonyl (C=O) groups excluding carboxylic acids is 1. The molecule has 4 nitrogen and oxygen atoms in total. The molecule has 0 aromatic carbocycles. The minimum absolute atomic E-state index is 0.132. The Morgan fingerprint density at radius 3 is 2.74 bits per heavy atom. The number of nitrogens with zero attached hydrogens (tertiary/aromatic N) is 1. The van der Waals surface area contributed by atoms with E-state index >= 15 is 0 Å². The summed E-state index contributed by atoms with van der Waals surface area (Å²) in [4.78, 5) is 16.0. The number of pyridine rings is 1. The SMILES string of the molecule is COc1cncc(C2=CCC3C4CCC5C[C@H](NC(C)=O)CC[C@]5(C)C4CC[C@]23C)c1. The Labute approximate surface area is 187 Å². The maximum absolute atomic E-state index is 11.6. The molecule has 1 aromatic rings. The molecule has 7 atom stereocenters. The Morgan fingerprint density at radius 1 is 1.13 bits per heavy atom. The maximum Gasteiger partial charge on any atom is 0.217 e. The molecule has 4 aliphatic rings. The Balaban J connectivity index is 1.37. The van der Waals surface area contributed by atoms with Crippen LogP contribution in [0.1, 0.15) is 77.7 Å². The third-order valence-corrected chi connectivity index (χ3v) is 9.91. The van der Waals surface area contributed by atoms with Crippen molar-refractivity contribution in [3.8, 4) is 5.75 Å². The second-order valence-electron chi connectivity index (χ2n) is 11.3. The van der Waals surface area contributed by atoms with Crippen molar-refractivity contribution in [2.45, 2.75) is 78.2 Å². The fourth-order valence-electron chi connectivity index (χ4n) is 8.37. The van der Waals surface area contributed by atoms with Gasteiger partial charge in [0.1, 0.15) is 5.75 Å². The number of nitrogens with one attached hydrogen (secondary N) is 1. The van der Waals surface area contributed by atoms with Crippen molar-refractivity contribution < 1.29 is 9.53 Å². The molecule has 0 spiro atoms. The van der Waals surface area contributed by atoms with Gasteiger partial charge in [0.05, 0.1) is 13.3 Å². The molecule has 1 aromatic heterocycles. The number of hydrogen-bond acceptors (Lipinski definition) is 3. The van der Waals surface area contributed by atoms with Crippen LogP contribution < -0.4 is 10.1 Å². The van der Waals surface area contributed by atoms with Crippen LogP contribution in [0.4, 0.5) is 0 Å². The van der Waals surface area contributed by atoms with Gasteiger partial charge in [-0.2, -0.15) is 0 Å². The first-order chi connectivity index (χ1) is 14.8. The third-order valence-electron chi connectivity index (χ3n) is 9.91. The minimum Gasteiger partial charge on any atom is -0.495 e. The van der Waals surface area contributed by atoms with Crippen LogP contribution in [-0.4, -0.2) is 24.0 Å². The van der Waals surface area contributed by atoms with Gasteiger partial charge < -0.3 is 10.1 Å². The van der Waals surface area contributed by atoms with Gasteiger partial charge in [-0.15, -0.1) is 0 Å². The predicted molar refractivity (Wildman–Crippen MR) is 123 cm³/mol. The fraction of sp³-hybridized carbons (Fsp3) is 0.704. The van der Waals surface area contributed by atoms with E-state index in [0.717, 1.165) is 35.8 Å². The van der Waals surface area contributed by atoms with E-state index in [2.05, 4.69) is 36.3 Å². The Hall–Kier alpha value is -1.84. The highest BCUT2D eigenvalue weighted by atomic mass is 16.5. The molecule has 0 aliphatic heterocycles. The van der Waals surface area contributed by atoms with Crippen LogP contribution >= 0.6 is 0 Å². The topological polar surface area (TPSA) is 51.2 Å². The van der Waals surface area contributed by atoms with E-state index < -0.39 is 0 Å². The summed E-state index contributed by atoms with van der Waals surface area (Å²) in [5.74, 6) is 4.15. The standard InChI is InChI=1S/C27H38N2O2/c1-17(30)29-20-9-11-26(2)19(14-20)5-6-22-24-8-7-23(27(24,3)12-10-25(22)26)18-13-21(31-4)16-28-15-18/h7,13,15-16,19-20,22,24-25H,5-6,8-12,14H2,1-4H3,(H,29,30)/t19?,20-,22?,24?,25?,26+,27-/m1/s1. The van der Waals surface area contributed by atoms with E-state index in [9.17, 15) is 4.79 Å². The van der Waals surface area contributed by atoms with Crippen LogP contribution in [0.15, 0.2) is 24.5 Å². The number of ether oxygens (including phenoxy) is 1. The molecule has 31 heavy (non-hydrogen) atoms. The molecule has 1 heterocycles. The van der Waals surface area contributed by atoms with Crippen LogP contribution in [0, 0.1) is 34.5 Å². The molecule has 0 radical (unpaired) electrons. The number of carbonyl (C=O) groups is 1. The molecular weight excluding hydrogens is 384 g/mol. The quantitative estimate of drug-likeness (QED) is 0.687. The van der Waals surface area contributed by atoms with Crippen molar-refractivity contribution in [2.24, 2.45) is 34.5 Å². The zero-order chi connectivity index (χ0) is 21.8. The second-order valence-corrected chi connectivity index (χ2v) is 11.3. The molecule has 0 bridgehead atoms. The summed E-state index contributed by atoms with van der Waals surface area (Å²) < 4.78 is 5.46. The number of fused-ring (bicyclic) bond motifs is 5. The molecule has 5 rings (SSSR count). The molecule has 168 valence electrons. The van der Waals surface area contributed by atoms with Gasteiger partial charge in [0, 0.05) is 19.2 Å². The summed E-state index contributed by atoms with van der Waals surface area (Å²) in [5, 5.41) is 3.22. The predicted octanol–water partition coefficient (Wildman–Crippen LogP) is 5.63. The van der Waals surface area contributed by atoms with Gasteiger partial charge in [0.15, 0.2) is 0 Å². The van der Waals surface area contributed by atoms with Crippen molar-refractivity contribution in [1.82, 2.24) is 10.3 Å². The lowest BCUT2D eigenvalue weighted by Gasteiger charge is -2.61. The summed E-state index contributed by atoms with van der Waals surface area (Å²) in [5.41, 5.74) is 3.45. The fourth-order valence-corrected chi connectivity index (χ4v) is 8.37. The van der Waals surface area contributed by atoms with E-state index in [4.69, 9.17) is 4.74 Å². The minimum atomic E-state index is 0.132. The van der Waals surface area contributed by atoms with E-state index in [1.807, 2.05) is 6.20 Å². The molecule has 3 saturated carbocycles. The Bertz CT molecular complexity index is 895. The van der Waals surface area contributed by atoms with Crippen molar-refractivity contribution in [2.75, 3.05) is 7.11 Å². The molecule has 4 unspecified atom stereocenters. The van der Waals surface area contributed by atoms with Gasteiger partial charge in [0.25, 0.3) is 0 Å². The monoisotopic (exact) mass is 422 g/mol. The Morgan fingerprint density at radius 2 is 1.97 bits per heavy atom. The molecule has 1 amide bonds. The molecule has 1 N–H and O–H groups in total. The molecule has 0 saturated heterocycles. The van der Waals surface area contributed by atoms with Gasteiger partial charge in [-0.05, 0) is 103 Å². The van der Waals surface area contributed by atoms with Crippen LogP contribution in [0.25, 0.3) is 5.57 Å². The summed E-state index contributed by atoms with van der Waals surface area (Å²) in [7, 11) is 1.72. The highest BCUT2D eigenvalue weighted by molar-refractivity contribution is 5.73. The first-order valence-electron chi connectivity index (χ1n) is 12.3. The number of aromatic nitrogens is 1. The number of hydrogen-bond donors (Lipinski definition) is 1. The first kappa shape index (κ1) is 21.0. The normalized spacial score (nSPS) is 41.4. The van der Waals surface area contributed by atoms with E-state index in [1.165, 1.54) is 56.1 Å². The molecular formula is C27H38N2O2. The average Bonchev–Trinajstić information content (AvgIpc) is 3.11. The van der Waals surface area contributed by atoms with Gasteiger partial charge in [0.2, 0.25) is 5.91 Å². The molecule has 3 fully saturated rings. The van der Waals surface area contributed by atoms with Crippen molar-refractivity contribution in [1.29, 1.82) is 0 Å². The summed E-state index contributed by atoms with van der Waals surface area (Å²) in [6.07, 6.45) is 16.5. The third kappa shape index (κ3) is 3.32. The van der Waals surface area contributed by atoms with E-state index in [-0.39, 0.29) is 11.3 Å². The summed E-state index contributed by atoms with van der Waals surface area (Å²) in [6, 6.07) is 2.56. The van der Waals surface area contributed by atoms with E-state index in [1.54, 1.807) is 20.2 Å². The average molecular weight is 423 g/mol. The molecule has 4 aliphatic carbocycles. The smallest absolute Gasteiger partial charge is 0.217 e. The van der Waals surface area contributed by atoms with Gasteiger partial charge >= 0.3 is 0 Å². The van der Waals surface area contributed by atoms with Crippen LogP contribution in [0.2, 0.25) is 0 Å². The zero-order valence-corrected chi connectivity index (χ0v) is 19.6. The lowest BCUT2D eigenvalue weighted by Crippen LogP contribution is -2.55. The number of allylic oxidation sites excluding steroid dienone is 2. The Kier molecular flexibility index (Phi) is 5.18. The number of amides is 1. The van der Waals surface area contributed by atoms with Crippen molar-refractivity contribution in [3.63, 3.8) is 0 Å².